The lowest BCUT2D eigenvalue weighted by molar-refractivity contribution is -0.137. The molecule has 0 aliphatic carbocycles. The standard InChI is InChI=1S/C16H18F3N3O/c1-23-14-5-6-20-10-13(14)22-8-7-21-15(22)11-3-2-4-12(9-11)16(17,18)19/h2-4,7-9,13-14,20H,5-6,10H2,1H3/t13-,14+/m1/s1. The van der Waals surface area contributed by atoms with E-state index < -0.39 is 11.7 Å². The number of benzene rings is 1. The Bertz CT molecular complexity index is 669. The lowest BCUT2D eigenvalue weighted by Crippen LogP contribution is -2.42. The second-order valence-electron chi connectivity index (χ2n) is 5.57. The molecule has 3 rings (SSSR count). The van der Waals surface area contributed by atoms with E-state index in [0.717, 1.165) is 25.1 Å². The van der Waals surface area contributed by atoms with Crippen molar-refractivity contribution < 1.29 is 17.9 Å². The monoisotopic (exact) mass is 325 g/mol. The number of hydrogen-bond acceptors (Lipinski definition) is 3. The zero-order valence-corrected chi connectivity index (χ0v) is 12.7. The van der Waals surface area contributed by atoms with Crippen LogP contribution in [0.5, 0.6) is 0 Å². The molecule has 0 unspecified atom stereocenters. The quantitative estimate of drug-likeness (QED) is 0.942. The van der Waals surface area contributed by atoms with Crippen LogP contribution < -0.4 is 5.32 Å². The van der Waals surface area contributed by atoms with Crippen LogP contribution in [0.4, 0.5) is 13.2 Å². The molecule has 2 aromatic rings. The number of piperidine rings is 1. The van der Waals surface area contributed by atoms with E-state index in [9.17, 15) is 13.2 Å². The van der Waals surface area contributed by atoms with Gasteiger partial charge in [-0.2, -0.15) is 13.2 Å². The molecule has 0 bridgehead atoms. The lowest BCUT2D eigenvalue weighted by Gasteiger charge is -2.33. The molecular formula is C16H18F3N3O. The Morgan fingerprint density at radius 3 is 2.91 bits per heavy atom. The van der Waals surface area contributed by atoms with Gasteiger partial charge in [0, 0.05) is 31.6 Å². The van der Waals surface area contributed by atoms with Gasteiger partial charge in [-0.3, -0.25) is 0 Å². The molecule has 1 aromatic carbocycles. The largest absolute Gasteiger partial charge is 0.416 e. The number of nitrogens with one attached hydrogen (secondary N) is 1. The summed E-state index contributed by atoms with van der Waals surface area (Å²) in [4.78, 5) is 4.27. The Hall–Kier alpha value is -1.86. The van der Waals surface area contributed by atoms with E-state index in [4.69, 9.17) is 4.74 Å². The normalized spacial score (nSPS) is 22.3. The van der Waals surface area contributed by atoms with Gasteiger partial charge in [0.1, 0.15) is 5.82 Å². The summed E-state index contributed by atoms with van der Waals surface area (Å²) in [6, 6.07) is 5.25. The van der Waals surface area contributed by atoms with Gasteiger partial charge in [-0.05, 0) is 25.1 Å². The zero-order chi connectivity index (χ0) is 16.4. The van der Waals surface area contributed by atoms with Crippen molar-refractivity contribution in [1.82, 2.24) is 14.9 Å². The molecule has 7 heteroatoms. The Morgan fingerprint density at radius 2 is 2.17 bits per heavy atom. The smallest absolute Gasteiger partial charge is 0.379 e. The number of hydrogen-bond donors (Lipinski definition) is 1. The van der Waals surface area contributed by atoms with Crippen LogP contribution in [0.2, 0.25) is 0 Å². The van der Waals surface area contributed by atoms with Crippen molar-refractivity contribution in [2.75, 3.05) is 20.2 Å². The highest BCUT2D eigenvalue weighted by molar-refractivity contribution is 5.57. The van der Waals surface area contributed by atoms with Crippen molar-refractivity contribution in [2.45, 2.75) is 24.7 Å². The first-order chi connectivity index (χ1) is 11.0. The third-order valence-corrected chi connectivity index (χ3v) is 4.17. The van der Waals surface area contributed by atoms with Crippen LogP contribution in [0.3, 0.4) is 0 Å². The van der Waals surface area contributed by atoms with Gasteiger partial charge >= 0.3 is 6.18 Å². The van der Waals surface area contributed by atoms with Gasteiger partial charge in [0.2, 0.25) is 0 Å². The second kappa shape index (κ2) is 6.33. The minimum atomic E-state index is -4.37. The van der Waals surface area contributed by atoms with E-state index in [0.29, 0.717) is 17.9 Å². The van der Waals surface area contributed by atoms with E-state index in [2.05, 4.69) is 10.3 Å². The maximum atomic E-state index is 12.9. The first kappa shape index (κ1) is 16.0. The second-order valence-corrected chi connectivity index (χ2v) is 5.57. The number of imidazole rings is 1. The van der Waals surface area contributed by atoms with Crippen LogP contribution in [-0.4, -0.2) is 35.9 Å². The zero-order valence-electron chi connectivity index (χ0n) is 12.7. The Balaban J connectivity index is 1.98. The molecule has 1 saturated heterocycles. The summed E-state index contributed by atoms with van der Waals surface area (Å²) >= 11 is 0. The molecule has 0 saturated carbocycles. The molecule has 1 N–H and O–H groups in total. The van der Waals surface area contributed by atoms with Crippen LogP contribution >= 0.6 is 0 Å². The predicted molar refractivity (Wildman–Crippen MR) is 80.0 cm³/mol. The van der Waals surface area contributed by atoms with Crippen LogP contribution in [0.25, 0.3) is 11.4 Å². The number of halogens is 3. The summed E-state index contributed by atoms with van der Waals surface area (Å²) in [5.74, 6) is 0.520. The van der Waals surface area contributed by atoms with Crippen LogP contribution in [0.15, 0.2) is 36.7 Å². The Morgan fingerprint density at radius 1 is 1.35 bits per heavy atom. The number of aromatic nitrogens is 2. The first-order valence-corrected chi connectivity index (χ1v) is 7.44. The van der Waals surface area contributed by atoms with Gasteiger partial charge in [0.15, 0.2) is 0 Å². The Labute approximate surface area is 132 Å². The lowest BCUT2D eigenvalue weighted by atomic mass is 10.0. The molecule has 0 radical (unpaired) electrons. The molecular weight excluding hydrogens is 307 g/mol. The van der Waals surface area contributed by atoms with Gasteiger partial charge in [0.05, 0.1) is 17.7 Å². The average Bonchev–Trinajstić information content (AvgIpc) is 3.03. The molecule has 1 aliphatic heterocycles. The molecule has 2 atom stereocenters. The topological polar surface area (TPSA) is 39.1 Å². The maximum Gasteiger partial charge on any atom is 0.416 e. The van der Waals surface area contributed by atoms with Crippen molar-refractivity contribution in [3.63, 3.8) is 0 Å². The molecule has 1 aliphatic rings. The number of nitrogens with zero attached hydrogens (tertiary/aromatic N) is 2. The molecule has 1 aromatic heterocycles. The van der Waals surface area contributed by atoms with Crippen molar-refractivity contribution in [2.24, 2.45) is 0 Å². The van der Waals surface area contributed by atoms with Gasteiger partial charge in [-0.15, -0.1) is 0 Å². The van der Waals surface area contributed by atoms with E-state index >= 15 is 0 Å². The van der Waals surface area contributed by atoms with Crippen LogP contribution in [0.1, 0.15) is 18.0 Å². The molecule has 1 fully saturated rings. The van der Waals surface area contributed by atoms with E-state index in [-0.39, 0.29) is 12.1 Å². The average molecular weight is 325 g/mol. The van der Waals surface area contributed by atoms with E-state index in [1.807, 2.05) is 4.57 Å². The summed E-state index contributed by atoms with van der Waals surface area (Å²) in [5, 5.41) is 3.29. The fourth-order valence-corrected chi connectivity index (χ4v) is 3.01. The third-order valence-electron chi connectivity index (χ3n) is 4.17. The highest BCUT2D eigenvalue weighted by Gasteiger charge is 2.32. The minimum Gasteiger partial charge on any atom is -0.379 e. The van der Waals surface area contributed by atoms with Crippen molar-refractivity contribution in [3.8, 4) is 11.4 Å². The van der Waals surface area contributed by atoms with Crippen molar-refractivity contribution in [3.05, 3.63) is 42.2 Å². The van der Waals surface area contributed by atoms with Gasteiger partial charge in [0.25, 0.3) is 0 Å². The summed E-state index contributed by atoms with van der Waals surface area (Å²) in [7, 11) is 1.66. The molecule has 0 amide bonds. The summed E-state index contributed by atoms with van der Waals surface area (Å²) in [5.41, 5.74) is -0.222. The van der Waals surface area contributed by atoms with E-state index in [1.54, 1.807) is 25.6 Å². The molecule has 0 spiro atoms. The molecule has 4 nitrogen and oxygen atoms in total. The van der Waals surface area contributed by atoms with Gasteiger partial charge in [-0.25, -0.2) is 4.98 Å². The van der Waals surface area contributed by atoms with Crippen molar-refractivity contribution >= 4 is 0 Å². The highest BCUT2D eigenvalue weighted by atomic mass is 19.4. The predicted octanol–water partition coefficient (Wildman–Crippen LogP) is 3.12. The summed E-state index contributed by atoms with van der Waals surface area (Å²) in [6.45, 7) is 1.56. The number of alkyl halides is 3. The molecule has 124 valence electrons. The number of ether oxygens (including phenoxy) is 1. The SMILES string of the molecule is CO[C@H]1CCNC[C@H]1n1ccnc1-c1cccc(C(F)(F)F)c1. The highest BCUT2D eigenvalue weighted by Crippen LogP contribution is 2.33. The van der Waals surface area contributed by atoms with Gasteiger partial charge in [-0.1, -0.05) is 12.1 Å². The Kier molecular flexibility index (Phi) is 4.41. The number of methoxy groups -OCH3 is 1. The van der Waals surface area contributed by atoms with Crippen LogP contribution in [-0.2, 0) is 10.9 Å². The summed E-state index contributed by atoms with van der Waals surface area (Å²) < 4.78 is 46.2. The third kappa shape index (κ3) is 3.25. The fraction of sp³-hybridized carbons (Fsp3) is 0.438. The van der Waals surface area contributed by atoms with Crippen molar-refractivity contribution in [1.29, 1.82) is 0 Å². The van der Waals surface area contributed by atoms with E-state index in [1.165, 1.54) is 6.07 Å². The summed E-state index contributed by atoms with van der Waals surface area (Å²) in [6.07, 6.45) is -0.109. The molecule has 23 heavy (non-hydrogen) atoms. The fourth-order valence-electron chi connectivity index (χ4n) is 3.01. The first-order valence-electron chi connectivity index (χ1n) is 7.44. The van der Waals surface area contributed by atoms with Gasteiger partial charge < -0.3 is 14.6 Å². The van der Waals surface area contributed by atoms with Crippen LogP contribution in [0, 0.1) is 0 Å². The maximum absolute atomic E-state index is 12.9. The minimum absolute atomic E-state index is 0.000734. The molecule has 2 heterocycles. The number of rotatable bonds is 3.